The van der Waals surface area contributed by atoms with Gasteiger partial charge in [-0.15, -0.1) is 0 Å². The molecule has 0 aliphatic rings. The van der Waals surface area contributed by atoms with Gasteiger partial charge in [0.05, 0.1) is 10.6 Å². The third-order valence-electron chi connectivity index (χ3n) is 4.56. The highest BCUT2D eigenvalue weighted by Gasteiger charge is 2.15. The molecule has 0 aliphatic heterocycles. The van der Waals surface area contributed by atoms with Crippen LogP contribution in [0.1, 0.15) is 11.4 Å². The number of imidazole rings is 1. The predicted octanol–water partition coefficient (Wildman–Crippen LogP) is 4.01. The molecule has 0 bridgehead atoms. The molecule has 8 nitrogen and oxygen atoms in total. The minimum atomic E-state index is -3.91. The van der Waals surface area contributed by atoms with E-state index in [2.05, 4.69) is 19.7 Å². The van der Waals surface area contributed by atoms with Gasteiger partial charge < -0.3 is 4.74 Å². The standard InChI is InChI=1S/C21H18FN5O3S/c1-14-15(2)27(13-25-14)20-11-21(24-12-23-20)30-18-8-6-17(7-9-18)26-31(28,29)19-5-3-4-16(22)10-19/h3-13,26H,1-2H3. The Hall–Kier alpha value is -3.79. The number of aryl methyl sites for hydroxylation is 1. The summed E-state index contributed by atoms with van der Waals surface area (Å²) >= 11 is 0. The molecule has 0 spiro atoms. The fraction of sp³-hybridized carbons (Fsp3) is 0.0952. The molecule has 2 aromatic carbocycles. The zero-order chi connectivity index (χ0) is 22.0. The Kier molecular flexibility index (Phi) is 5.38. The molecule has 1 N–H and O–H groups in total. The number of anilines is 1. The lowest BCUT2D eigenvalue weighted by molar-refractivity contribution is 0.461. The first-order valence-corrected chi connectivity index (χ1v) is 10.7. The first-order chi connectivity index (χ1) is 14.8. The lowest BCUT2D eigenvalue weighted by Crippen LogP contribution is -2.13. The summed E-state index contributed by atoms with van der Waals surface area (Å²) in [5, 5.41) is 0. The first kappa shape index (κ1) is 20.5. The quantitative estimate of drug-likeness (QED) is 0.487. The Labute approximate surface area is 178 Å². The average Bonchev–Trinajstić information content (AvgIpc) is 3.08. The second kappa shape index (κ2) is 8.15. The van der Waals surface area contributed by atoms with E-state index in [0.717, 1.165) is 17.5 Å². The van der Waals surface area contributed by atoms with Gasteiger partial charge in [0.2, 0.25) is 5.88 Å². The highest BCUT2D eigenvalue weighted by atomic mass is 32.2. The number of nitrogens with one attached hydrogen (secondary N) is 1. The van der Waals surface area contributed by atoms with E-state index in [9.17, 15) is 12.8 Å². The van der Waals surface area contributed by atoms with E-state index in [4.69, 9.17) is 4.74 Å². The molecule has 0 saturated carbocycles. The van der Waals surface area contributed by atoms with Crippen LogP contribution in [0.2, 0.25) is 0 Å². The fourth-order valence-electron chi connectivity index (χ4n) is 2.81. The zero-order valence-electron chi connectivity index (χ0n) is 16.7. The van der Waals surface area contributed by atoms with Crippen LogP contribution in [0.4, 0.5) is 10.1 Å². The first-order valence-electron chi connectivity index (χ1n) is 9.21. The molecule has 31 heavy (non-hydrogen) atoms. The number of halogens is 1. The third kappa shape index (κ3) is 4.53. The van der Waals surface area contributed by atoms with Crippen LogP contribution in [0.25, 0.3) is 5.82 Å². The number of sulfonamides is 1. The average molecular weight is 439 g/mol. The minimum absolute atomic E-state index is 0.161. The molecule has 0 atom stereocenters. The van der Waals surface area contributed by atoms with Gasteiger partial charge in [0.15, 0.2) is 0 Å². The molecule has 0 aliphatic carbocycles. The van der Waals surface area contributed by atoms with E-state index in [1.54, 1.807) is 24.5 Å². The van der Waals surface area contributed by atoms with Crippen LogP contribution >= 0.6 is 0 Å². The molecular formula is C21H18FN5O3S. The third-order valence-corrected chi connectivity index (χ3v) is 5.94. The van der Waals surface area contributed by atoms with Crippen LogP contribution in [-0.2, 0) is 10.0 Å². The van der Waals surface area contributed by atoms with Crippen LogP contribution in [0.3, 0.4) is 0 Å². The molecule has 0 fully saturated rings. The van der Waals surface area contributed by atoms with Crippen molar-refractivity contribution in [1.29, 1.82) is 0 Å². The molecular weight excluding hydrogens is 421 g/mol. The zero-order valence-corrected chi connectivity index (χ0v) is 17.5. The van der Waals surface area contributed by atoms with Gasteiger partial charge in [-0.2, -0.15) is 0 Å². The van der Waals surface area contributed by atoms with Crippen molar-refractivity contribution in [1.82, 2.24) is 19.5 Å². The maximum atomic E-state index is 13.3. The van der Waals surface area contributed by atoms with Gasteiger partial charge >= 0.3 is 0 Å². The van der Waals surface area contributed by atoms with Gasteiger partial charge in [0.25, 0.3) is 10.0 Å². The molecule has 4 aromatic rings. The molecule has 2 aromatic heterocycles. The van der Waals surface area contributed by atoms with Crippen molar-refractivity contribution in [2.24, 2.45) is 0 Å². The fourth-order valence-corrected chi connectivity index (χ4v) is 3.90. The molecule has 0 radical (unpaired) electrons. The summed E-state index contributed by atoms with van der Waals surface area (Å²) in [6.07, 6.45) is 3.07. The summed E-state index contributed by atoms with van der Waals surface area (Å²) < 4.78 is 48.1. The van der Waals surface area contributed by atoms with Crippen molar-refractivity contribution in [3.8, 4) is 17.4 Å². The van der Waals surface area contributed by atoms with Gasteiger partial charge in [-0.3, -0.25) is 9.29 Å². The lowest BCUT2D eigenvalue weighted by Gasteiger charge is -2.10. The Bertz CT molecular complexity index is 1340. The number of rotatable bonds is 6. The summed E-state index contributed by atoms with van der Waals surface area (Å²) in [6, 6.07) is 12.7. The van der Waals surface area contributed by atoms with Gasteiger partial charge in [0, 0.05) is 17.4 Å². The molecule has 0 saturated heterocycles. The lowest BCUT2D eigenvalue weighted by atomic mass is 10.3. The number of hydrogen-bond donors (Lipinski definition) is 1. The monoisotopic (exact) mass is 439 g/mol. The SMILES string of the molecule is Cc1ncn(-c2cc(Oc3ccc(NS(=O)(=O)c4cccc(F)c4)cc3)ncn2)c1C. The molecule has 158 valence electrons. The molecule has 4 rings (SSSR count). The largest absolute Gasteiger partial charge is 0.439 e. The summed E-state index contributed by atoms with van der Waals surface area (Å²) in [4.78, 5) is 12.5. The smallest absolute Gasteiger partial charge is 0.261 e. The second-order valence-electron chi connectivity index (χ2n) is 6.69. The maximum Gasteiger partial charge on any atom is 0.261 e. The van der Waals surface area contributed by atoms with Crippen molar-refractivity contribution in [2.75, 3.05) is 4.72 Å². The Morgan fingerprint density at radius 2 is 1.77 bits per heavy atom. The summed E-state index contributed by atoms with van der Waals surface area (Å²) in [6.45, 7) is 3.85. The number of benzene rings is 2. The van der Waals surface area contributed by atoms with E-state index < -0.39 is 15.8 Å². The summed E-state index contributed by atoms with van der Waals surface area (Å²) in [5.74, 6) is 0.764. The van der Waals surface area contributed by atoms with E-state index in [0.29, 0.717) is 23.1 Å². The summed E-state index contributed by atoms with van der Waals surface area (Å²) in [7, 11) is -3.91. The summed E-state index contributed by atoms with van der Waals surface area (Å²) in [5.41, 5.74) is 2.17. The van der Waals surface area contributed by atoms with Crippen molar-refractivity contribution in [3.63, 3.8) is 0 Å². The van der Waals surface area contributed by atoms with Gasteiger partial charge in [0.1, 0.15) is 30.0 Å². The topological polar surface area (TPSA) is 99.0 Å². The minimum Gasteiger partial charge on any atom is -0.439 e. The molecule has 10 heteroatoms. The highest BCUT2D eigenvalue weighted by Crippen LogP contribution is 2.24. The van der Waals surface area contributed by atoms with Gasteiger partial charge in [-0.05, 0) is 56.3 Å². The van der Waals surface area contributed by atoms with Gasteiger partial charge in [-0.25, -0.2) is 27.8 Å². The van der Waals surface area contributed by atoms with Gasteiger partial charge in [-0.1, -0.05) is 6.07 Å². The van der Waals surface area contributed by atoms with E-state index in [-0.39, 0.29) is 4.90 Å². The number of hydrogen-bond acceptors (Lipinski definition) is 6. The number of ether oxygens (including phenoxy) is 1. The van der Waals surface area contributed by atoms with E-state index >= 15 is 0 Å². The Morgan fingerprint density at radius 3 is 2.45 bits per heavy atom. The Morgan fingerprint density at radius 1 is 1.00 bits per heavy atom. The number of nitrogens with zero attached hydrogens (tertiary/aromatic N) is 4. The molecule has 0 amide bonds. The van der Waals surface area contributed by atoms with E-state index in [1.165, 1.54) is 36.7 Å². The van der Waals surface area contributed by atoms with Crippen LogP contribution in [-0.4, -0.2) is 27.9 Å². The number of aromatic nitrogens is 4. The molecule has 2 heterocycles. The normalized spacial score (nSPS) is 11.3. The predicted molar refractivity (Wildman–Crippen MR) is 112 cm³/mol. The highest BCUT2D eigenvalue weighted by molar-refractivity contribution is 7.92. The van der Waals surface area contributed by atoms with Crippen molar-refractivity contribution >= 4 is 15.7 Å². The van der Waals surface area contributed by atoms with Crippen LogP contribution in [0.15, 0.2) is 72.1 Å². The Balaban J connectivity index is 1.49. The maximum absolute atomic E-state index is 13.3. The van der Waals surface area contributed by atoms with Crippen molar-refractivity contribution in [2.45, 2.75) is 18.7 Å². The van der Waals surface area contributed by atoms with E-state index in [1.807, 2.05) is 18.4 Å². The van der Waals surface area contributed by atoms with Crippen molar-refractivity contribution < 1.29 is 17.5 Å². The van der Waals surface area contributed by atoms with Crippen LogP contribution < -0.4 is 9.46 Å². The second-order valence-corrected chi connectivity index (χ2v) is 8.37. The van der Waals surface area contributed by atoms with Crippen molar-refractivity contribution in [3.05, 3.63) is 84.5 Å². The van der Waals surface area contributed by atoms with Crippen LogP contribution in [0, 0.1) is 19.7 Å². The molecule has 0 unspecified atom stereocenters. The van der Waals surface area contributed by atoms with Crippen LogP contribution in [0.5, 0.6) is 11.6 Å².